The number of nitrogens with one attached hydrogen (secondary N) is 1. The third kappa shape index (κ3) is 7.90. The standard InChI is InChI=1S/C29H33Cl2N3O5S/c1-5-20(2)32-29(36)21(3)33(18-22-9-11-23(30)12-10-22)28(35)19-34(25-8-6-7-24(31)17-25)40(37,38)27-15-13-26(39-4)14-16-27/h6-17,20-21H,5,18-19H2,1-4H3,(H,32,36)/t20-,21-/m1/s1. The van der Waals surface area contributed by atoms with E-state index in [1.807, 2.05) is 13.8 Å². The lowest BCUT2D eigenvalue weighted by Gasteiger charge is -2.32. The molecule has 0 saturated heterocycles. The molecule has 0 spiro atoms. The number of halogens is 2. The summed E-state index contributed by atoms with van der Waals surface area (Å²) in [7, 11) is -2.74. The second-order valence-corrected chi connectivity index (χ2v) is 12.0. The van der Waals surface area contributed by atoms with Crippen LogP contribution in [-0.4, -0.2) is 50.9 Å². The Morgan fingerprint density at radius 2 is 1.60 bits per heavy atom. The molecule has 3 aromatic carbocycles. The minimum absolute atomic E-state index is 0.0344. The molecule has 0 fully saturated rings. The molecule has 40 heavy (non-hydrogen) atoms. The lowest BCUT2D eigenvalue weighted by molar-refractivity contribution is -0.139. The average molecular weight is 607 g/mol. The maximum atomic E-state index is 13.9. The maximum Gasteiger partial charge on any atom is 0.264 e. The van der Waals surface area contributed by atoms with Crippen molar-refractivity contribution in [1.29, 1.82) is 0 Å². The van der Waals surface area contributed by atoms with Crippen LogP contribution in [0.25, 0.3) is 0 Å². The molecule has 1 N–H and O–H groups in total. The van der Waals surface area contributed by atoms with Gasteiger partial charge in [-0.05, 0) is 80.4 Å². The number of hydrogen-bond donors (Lipinski definition) is 1. The number of ether oxygens (including phenoxy) is 1. The van der Waals surface area contributed by atoms with Crippen LogP contribution in [0.15, 0.2) is 77.7 Å². The van der Waals surface area contributed by atoms with Crippen molar-refractivity contribution in [1.82, 2.24) is 10.2 Å². The predicted molar refractivity (Wildman–Crippen MR) is 158 cm³/mol. The molecular weight excluding hydrogens is 573 g/mol. The summed E-state index contributed by atoms with van der Waals surface area (Å²) < 4.78 is 33.9. The van der Waals surface area contributed by atoms with E-state index in [1.54, 1.807) is 49.4 Å². The molecule has 3 aromatic rings. The van der Waals surface area contributed by atoms with Crippen LogP contribution in [0.4, 0.5) is 5.69 Å². The Balaban J connectivity index is 2.02. The number of anilines is 1. The Kier molecular flexibility index (Phi) is 10.8. The smallest absolute Gasteiger partial charge is 0.264 e. The zero-order valence-electron chi connectivity index (χ0n) is 22.8. The van der Waals surface area contributed by atoms with E-state index in [4.69, 9.17) is 27.9 Å². The molecule has 3 rings (SSSR count). The fraction of sp³-hybridized carbons (Fsp3) is 0.310. The third-order valence-electron chi connectivity index (χ3n) is 6.46. The highest BCUT2D eigenvalue weighted by molar-refractivity contribution is 7.92. The van der Waals surface area contributed by atoms with Crippen LogP contribution in [0.2, 0.25) is 10.0 Å². The number of methoxy groups -OCH3 is 1. The first kappa shape index (κ1) is 31.3. The van der Waals surface area contributed by atoms with Crippen molar-refractivity contribution < 1.29 is 22.7 Å². The van der Waals surface area contributed by atoms with Crippen molar-refractivity contribution in [3.05, 3.63) is 88.4 Å². The molecule has 8 nitrogen and oxygen atoms in total. The average Bonchev–Trinajstić information content (AvgIpc) is 2.94. The van der Waals surface area contributed by atoms with Gasteiger partial charge in [-0.25, -0.2) is 8.42 Å². The van der Waals surface area contributed by atoms with Gasteiger partial charge in [0.2, 0.25) is 11.8 Å². The number of nitrogens with zero attached hydrogens (tertiary/aromatic N) is 2. The fourth-order valence-corrected chi connectivity index (χ4v) is 5.59. The van der Waals surface area contributed by atoms with Gasteiger partial charge in [0, 0.05) is 22.6 Å². The van der Waals surface area contributed by atoms with E-state index in [0.717, 1.165) is 9.87 Å². The molecule has 214 valence electrons. The minimum Gasteiger partial charge on any atom is -0.497 e. The summed E-state index contributed by atoms with van der Waals surface area (Å²) in [6, 6.07) is 18.0. The lowest BCUT2D eigenvalue weighted by atomic mass is 10.1. The number of benzene rings is 3. The number of rotatable bonds is 12. The van der Waals surface area contributed by atoms with Gasteiger partial charge in [-0.2, -0.15) is 0 Å². The normalized spacial score (nSPS) is 12.8. The Morgan fingerprint density at radius 1 is 0.950 bits per heavy atom. The molecular formula is C29H33Cl2N3O5S. The van der Waals surface area contributed by atoms with Gasteiger partial charge in [-0.3, -0.25) is 13.9 Å². The van der Waals surface area contributed by atoms with Crippen molar-refractivity contribution in [2.45, 2.75) is 50.7 Å². The first-order chi connectivity index (χ1) is 19.0. The first-order valence-electron chi connectivity index (χ1n) is 12.7. The third-order valence-corrected chi connectivity index (χ3v) is 8.73. The molecule has 0 aliphatic carbocycles. The fourth-order valence-electron chi connectivity index (χ4n) is 3.87. The Labute approximate surface area is 245 Å². The zero-order chi connectivity index (χ0) is 29.4. The molecule has 2 amide bonds. The van der Waals surface area contributed by atoms with Crippen LogP contribution in [0.3, 0.4) is 0 Å². The van der Waals surface area contributed by atoms with Crippen molar-refractivity contribution in [2.75, 3.05) is 18.0 Å². The molecule has 11 heteroatoms. The predicted octanol–water partition coefficient (Wildman–Crippen LogP) is 5.53. The van der Waals surface area contributed by atoms with Crippen LogP contribution in [0.1, 0.15) is 32.8 Å². The van der Waals surface area contributed by atoms with E-state index >= 15 is 0 Å². The summed E-state index contributed by atoms with van der Waals surface area (Å²) in [5.41, 5.74) is 0.938. The minimum atomic E-state index is -4.22. The van der Waals surface area contributed by atoms with Crippen LogP contribution < -0.4 is 14.4 Å². The Hall–Kier alpha value is -3.27. The number of hydrogen-bond acceptors (Lipinski definition) is 5. The van der Waals surface area contributed by atoms with E-state index < -0.39 is 28.5 Å². The molecule has 0 saturated carbocycles. The highest BCUT2D eigenvalue weighted by atomic mass is 35.5. The highest BCUT2D eigenvalue weighted by Gasteiger charge is 2.33. The Bertz CT molecular complexity index is 1420. The van der Waals surface area contributed by atoms with Gasteiger partial charge in [0.1, 0.15) is 18.3 Å². The number of amides is 2. The lowest BCUT2D eigenvalue weighted by Crippen LogP contribution is -2.52. The largest absolute Gasteiger partial charge is 0.497 e. The summed E-state index contributed by atoms with van der Waals surface area (Å²) >= 11 is 12.2. The monoisotopic (exact) mass is 605 g/mol. The van der Waals surface area contributed by atoms with Crippen LogP contribution in [0.5, 0.6) is 5.75 Å². The van der Waals surface area contributed by atoms with Gasteiger partial charge in [0.25, 0.3) is 10.0 Å². The molecule has 0 aromatic heterocycles. The molecule has 0 radical (unpaired) electrons. The van der Waals surface area contributed by atoms with Gasteiger partial charge in [-0.1, -0.05) is 48.3 Å². The summed E-state index contributed by atoms with van der Waals surface area (Å²) in [5, 5.41) is 3.74. The van der Waals surface area contributed by atoms with Crippen molar-refractivity contribution in [2.24, 2.45) is 0 Å². The van der Waals surface area contributed by atoms with Crippen LogP contribution >= 0.6 is 23.2 Å². The van der Waals surface area contributed by atoms with E-state index in [9.17, 15) is 18.0 Å². The van der Waals surface area contributed by atoms with Crippen LogP contribution in [-0.2, 0) is 26.2 Å². The quantitative estimate of drug-likeness (QED) is 0.293. The zero-order valence-corrected chi connectivity index (χ0v) is 25.1. The summed E-state index contributed by atoms with van der Waals surface area (Å²) in [4.78, 5) is 28.3. The first-order valence-corrected chi connectivity index (χ1v) is 14.9. The molecule has 0 unspecified atom stereocenters. The summed E-state index contributed by atoms with van der Waals surface area (Å²) in [5.74, 6) is -0.428. The second-order valence-electron chi connectivity index (χ2n) is 9.31. The van der Waals surface area contributed by atoms with Gasteiger partial charge in [0.15, 0.2) is 0 Å². The Morgan fingerprint density at radius 3 is 2.17 bits per heavy atom. The maximum absolute atomic E-state index is 13.9. The number of sulfonamides is 1. The highest BCUT2D eigenvalue weighted by Crippen LogP contribution is 2.28. The SMILES string of the molecule is CC[C@@H](C)NC(=O)[C@@H](C)N(Cc1ccc(Cl)cc1)C(=O)CN(c1cccc(Cl)c1)S(=O)(=O)c1ccc(OC)cc1. The van der Waals surface area contributed by atoms with Gasteiger partial charge < -0.3 is 15.0 Å². The second kappa shape index (κ2) is 13.9. The summed E-state index contributed by atoms with van der Waals surface area (Å²) in [6.07, 6.45) is 0.715. The van der Waals surface area contributed by atoms with Crippen molar-refractivity contribution >= 4 is 50.7 Å². The van der Waals surface area contributed by atoms with E-state index in [0.29, 0.717) is 22.2 Å². The molecule has 0 bridgehead atoms. The molecule has 2 atom stereocenters. The van der Waals surface area contributed by atoms with E-state index in [2.05, 4.69) is 5.32 Å². The van der Waals surface area contributed by atoms with E-state index in [1.165, 1.54) is 42.3 Å². The topological polar surface area (TPSA) is 96.0 Å². The van der Waals surface area contributed by atoms with Crippen LogP contribution in [0, 0.1) is 0 Å². The molecule has 0 aliphatic rings. The molecule has 0 heterocycles. The van der Waals surface area contributed by atoms with Crippen molar-refractivity contribution in [3.63, 3.8) is 0 Å². The van der Waals surface area contributed by atoms with Gasteiger partial charge in [0.05, 0.1) is 17.7 Å². The summed E-state index contributed by atoms with van der Waals surface area (Å²) in [6.45, 7) is 4.94. The van der Waals surface area contributed by atoms with E-state index in [-0.39, 0.29) is 29.1 Å². The van der Waals surface area contributed by atoms with Gasteiger partial charge >= 0.3 is 0 Å². The van der Waals surface area contributed by atoms with Crippen molar-refractivity contribution in [3.8, 4) is 5.75 Å². The number of carbonyl (C=O) groups excluding carboxylic acids is 2. The molecule has 0 aliphatic heterocycles. The number of carbonyl (C=O) groups is 2. The van der Waals surface area contributed by atoms with Gasteiger partial charge in [-0.15, -0.1) is 0 Å².